The van der Waals surface area contributed by atoms with Crippen molar-refractivity contribution in [2.75, 3.05) is 0 Å². The molecular weight excluding hydrogens is 374 g/mol. The van der Waals surface area contributed by atoms with Gasteiger partial charge in [-0.3, -0.25) is 4.79 Å². The van der Waals surface area contributed by atoms with Crippen molar-refractivity contribution in [3.05, 3.63) is 84.4 Å². The lowest BCUT2D eigenvalue weighted by Crippen LogP contribution is -2.41. The van der Waals surface area contributed by atoms with Crippen molar-refractivity contribution in [3.8, 4) is 0 Å². The third-order valence-electron chi connectivity index (χ3n) is 4.04. The second-order valence-electron chi connectivity index (χ2n) is 6.19. The summed E-state index contributed by atoms with van der Waals surface area (Å²) in [6.45, 7) is 3.67. The number of hydrogen-bond acceptors (Lipinski definition) is 5. The largest absolute Gasteiger partial charge is 0.480 e. The Kier molecular flexibility index (Phi) is 8.44. The summed E-state index contributed by atoms with van der Waals surface area (Å²) in [6.07, 6.45) is -0.333. The molecule has 0 spiro atoms. The number of amides is 1. The molecule has 0 heterocycles. The number of carbonyl (C=O) groups is 3. The van der Waals surface area contributed by atoms with Gasteiger partial charge in [-0.25, -0.2) is 9.59 Å². The summed E-state index contributed by atoms with van der Waals surface area (Å²) in [5, 5.41) is 11.5. The third kappa shape index (κ3) is 7.50. The minimum Gasteiger partial charge on any atom is -0.480 e. The maximum Gasteiger partial charge on any atom is 0.408 e. The van der Waals surface area contributed by atoms with Crippen molar-refractivity contribution >= 4 is 18.0 Å². The van der Waals surface area contributed by atoms with Crippen LogP contribution in [0.15, 0.2) is 73.3 Å². The molecule has 7 heteroatoms. The van der Waals surface area contributed by atoms with E-state index in [0.717, 1.165) is 11.1 Å². The molecule has 1 amide bonds. The van der Waals surface area contributed by atoms with Crippen LogP contribution in [0.5, 0.6) is 0 Å². The topological polar surface area (TPSA) is 102 Å². The first-order valence-corrected chi connectivity index (χ1v) is 9.06. The molecule has 0 saturated heterocycles. The zero-order valence-electron chi connectivity index (χ0n) is 15.8. The second kappa shape index (κ2) is 11.3. The van der Waals surface area contributed by atoms with Gasteiger partial charge in [0.15, 0.2) is 0 Å². The van der Waals surface area contributed by atoms with Gasteiger partial charge in [0.2, 0.25) is 0 Å². The fourth-order valence-electron chi connectivity index (χ4n) is 2.52. The van der Waals surface area contributed by atoms with Crippen LogP contribution in [-0.4, -0.2) is 29.2 Å². The fraction of sp³-hybridized carbons (Fsp3) is 0.227. The smallest absolute Gasteiger partial charge is 0.408 e. The zero-order valence-corrected chi connectivity index (χ0v) is 15.8. The molecule has 0 aliphatic heterocycles. The van der Waals surface area contributed by atoms with Crippen LogP contribution in [0.1, 0.15) is 30.1 Å². The van der Waals surface area contributed by atoms with Crippen LogP contribution >= 0.6 is 0 Å². The Morgan fingerprint density at radius 2 is 1.66 bits per heavy atom. The molecule has 2 aromatic carbocycles. The number of carbonyl (C=O) groups excluding carboxylic acids is 2. The van der Waals surface area contributed by atoms with Crippen LogP contribution in [0.2, 0.25) is 0 Å². The zero-order chi connectivity index (χ0) is 21.1. The van der Waals surface area contributed by atoms with Gasteiger partial charge >= 0.3 is 18.0 Å². The van der Waals surface area contributed by atoms with Crippen LogP contribution < -0.4 is 5.32 Å². The molecule has 2 rings (SSSR count). The summed E-state index contributed by atoms with van der Waals surface area (Å²) in [7, 11) is 0. The highest BCUT2D eigenvalue weighted by molar-refractivity contribution is 5.80. The first-order chi connectivity index (χ1) is 14.0. The average molecular weight is 397 g/mol. The average Bonchev–Trinajstić information content (AvgIpc) is 2.74. The van der Waals surface area contributed by atoms with Crippen LogP contribution in [0.25, 0.3) is 0 Å². The van der Waals surface area contributed by atoms with Crippen LogP contribution in [0.3, 0.4) is 0 Å². The molecule has 2 N–H and O–H groups in total. The maximum atomic E-state index is 12.1. The van der Waals surface area contributed by atoms with Crippen molar-refractivity contribution in [3.63, 3.8) is 0 Å². The number of alkyl carbamates (subject to hydrolysis) is 1. The molecule has 0 saturated carbocycles. The molecule has 1 unspecified atom stereocenters. The molecule has 152 valence electrons. The van der Waals surface area contributed by atoms with Crippen molar-refractivity contribution in [1.82, 2.24) is 5.32 Å². The molecule has 0 aliphatic carbocycles. The Hall–Kier alpha value is -3.61. The number of nitrogens with one attached hydrogen (secondary N) is 1. The predicted molar refractivity (Wildman–Crippen MR) is 106 cm³/mol. The van der Waals surface area contributed by atoms with E-state index in [1.54, 1.807) is 36.4 Å². The normalized spacial score (nSPS) is 12.3. The molecular formula is C22H23NO6. The molecule has 0 radical (unpaired) electrons. The van der Waals surface area contributed by atoms with E-state index in [4.69, 9.17) is 9.47 Å². The molecule has 0 aliphatic rings. The van der Waals surface area contributed by atoms with E-state index < -0.39 is 30.2 Å². The van der Waals surface area contributed by atoms with Gasteiger partial charge in [0.1, 0.15) is 18.8 Å². The van der Waals surface area contributed by atoms with E-state index in [0.29, 0.717) is 0 Å². The van der Waals surface area contributed by atoms with Gasteiger partial charge in [-0.1, -0.05) is 67.2 Å². The van der Waals surface area contributed by atoms with Gasteiger partial charge in [0, 0.05) is 6.42 Å². The monoisotopic (exact) mass is 397 g/mol. The van der Waals surface area contributed by atoms with Crippen molar-refractivity contribution < 1.29 is 29.0 Å². The van der Waals surface area contributed by atoms with E-state index in [2.05, 4.69) is 11.9 Å². The highest BCUT2D eigenvalue weighted by atomic mass is 16.6. The van der Waals surface area contributed by atoms with Crippen molar-refractivity contribution in [1.29, 1.82) is 0 Å². The van der Waals surface area contributed by atoms with Gasteiger partial charge in [0.05, 0.1) is 0 Å². The highest BCUT2D eigenvalue weighted by Crippen LogP contribution is 2.19. The standard InChI is InChI=1S/C22H23NO6/c1-2-19(17-11-7-4-8-12-17)29-20(24)14-13-18(21(25)26)23-22(27)28-15-16-9-5-3-6-10-16/h2-12,18-19H,1,13-15H2,(H,23,27)(H,25,26)/t18-,19?/m0/s1. The summed E-state index contributed by atoms with van der Waals surface area (Å²) >= 11 is 0. The van der Waals surface area contributed by atoms with E-state index in [9.17, 15) is 19.5 Å². The Bertz CT molecular complexity index is 822. The Labute approximate surface area is 169 Å². The number of carboxylic acids is 1. The summed E-state index contributed by atoms with van der Waals surface area (Å²) in [4.78, 5) is 35.3. The number of rotatable bonds is 10. The lowest BCUT2D eigenvalue weighted by molar-refractivity contribution is -0.147. The number of ether oxygens (including phenoxy) is 2. The lowest BCUT2D eigenvalue weighted by atomic mass is 10.1. The number of benzene rings is 2. The lowest BCUT2D eigenvalue weighted by Gasteiger charge is -2.17. The Balaban J connectivity index is 1.81. The third-order valence-corrected chi connectivity index (χ3v) is 4.04. The van der Waals surface area contributed by atoms with E-state index in [-0.39, 0.29) is 19.4 Å². The quantitative estimate of drug-likeness (QED) is 0.469. The first kappa shape index (κ1) is 21.7. The SMILES string of the molecule is C=CC(OC(=O)CC[C@H](NC(=O)OCc1ccccc1)C(=O)O)c1ccccc1. The molecule has 0 aromatic heterocycles. The van der Waals surface area contributed by atoms with E-state index >= 15 is 0 Å². The van der Waals surface area contributed by atoms with Crippen LogP contribution in [-0.2, 0) is 25.7 Å². The summed E-state index contributed by atoms with van der Waals surface area (Å²) in [5.74, 6) is -1.86. The first-order valence-electron chi connectivity index (χ1n) is 9.06. The number of hydrogen-bond donors (Lipinski definition) is 2. The minimum atomic E-state index is -1.27. The number of esters is 1. The molecule has 2 aromatic rings. The second-order valence-corrected chi connectivity index (χ2v) is 6.19. The fourth-order valence-corrected chi connectivity index (χ4v) is 2.52. The van der Waals surface area contributed by atoms with E-state index in [1.165, 1.54) is 6.08 Å². The van der Waals surface area contributed by atoms with Crippen molar-refractivity contribution in [2.45, 2.75) is 31.6 Å². The molecule has 0 fully saturated rings. The van der Waals surface area contributed by atoms with Gasteiger partial charge in [-0.2, -0.15) is 0 Å². The highest BCUT2D eigenvalue weighted by Gasteiger charge is 2.23. The molecule has 2 atom stereocenters. The Morgan fingerprint density at radius 3 is 2.24 bits per heavy atom. The summed E-state index contributed by atoms with van der Waals surface area (Å²) < 4.78 is 10.3. The summed E-state index contributed by atoms with van der Waals surface area (Å²) in [6, 6.07) is 16.8. The molecule has 0 bridgehead atoms. The van der Waals surface area contributed by atoms with Gasteiger partial charge < -0.3 is 19.9 Å². The van der Waals surface area contributed by atoms with Gasteiger partial charge in [-0.15, -0.1) is 0 Å². The molecule has 29 heavy (non-hydrogen) atoms. The van der Waals surface area contributed by atoms with E-state index in [1.807, 2.05) is 24.3 Å². The minimum absolute atomic E-state index is 0.0130. The number of aliphatic carboxylic acids is 1. The van der Waals surface area contributed by atoms with Crippen LogP contribution in [0.4, 0.5) is 4.79 Å². The van der Waals surface area contributed by atoms with Crippen molar-refractivity contribution in [2.24, 2.45) is 0 Å². The van der Waals surface area contributed by atoms with Gasteiger partial charge in [0.25, 0.3) is 0 Å². The Morgan fingerprint density at radius 1 is 1.03 bits per heavy atom. The molecule has 7 nitrogen and oxygen atoms in total. The predicted octanol–water partition coefficient (Wildman–Crippen LogP) is 3.62. The van der Waals surface area contributed by atoms with Gasteiger partial charge in [-0.05, 0) is 23.6 Å². The summed E-state index contributed by atoms with van der Waals surface area (Å²) in [5.41, 5.74) is 1.53. The van der Waals surface area contributed by atoms with Crippen LogP contribution in [0, 0.1) is 0 Å². The maximum absolute atomic E-state index is 12.1. The number of carboxylic acid groups (broad SMARTS) is 1.